The number of carbonyl (C=O) groups excluding carboxylic acids is 1. The summed E-state index contributed by atoms with van der Waals surface area (Å²) in [6.07, 6.45) is 1.32. The van der Waals surface area contributed by atoms with Crippen LogP contribution >= 0.6 is 11.6 Å². The highest BCUT2D eigenvalue weighted by molar-refractivity contribution is 6.30. The van der Waals surface area contributed by atoms with Crippen LogP contribution in [0.3, 0.4) is 0 Å². The van der Waals surface area contributed by atoms with Crippen LogP contribution in [0.25, 0.3) is 0 Å². The Morgan fingerprint density at radius 3 is 2.76 bits per heavy atom. The normalized spacial score (nSPS) is 19.8. The van der Waals surface area contributed by atoms with Crippen LogP contribution in [0.4, 0.5) is 0 Å². The van der Waals surface area contributed by atoms with Gasteiger partial charge in [-0.25, -0.2) is 5.01 Å². The predicted octanol–water partition coefficient (Wildman–Crippen LogP) is 4.69. The van der Waals surface area contributed by atoms with E-state index in [9.17, 15) is 4.79 Å². The minimum absolute atomic E-state index is 0.162. The number of halogens is 1. The van der Waals surface area contributed by atoms with E-state index >= 15 is 0 Å². The smallest absolute Gasteiger partial charge is 0.251 e. The monoisotopic (exact) mass is 408 g/mol. The first kappa shape index (κ1) is 17.8. The number of nitrogens with zero attached hydrogens (tertiary/aromatic N) is 2. The number of hydrogen-bond acceptors (Lipinski definition) is 6. The van der Waals surface area contributed by atoms with E-state index in [1.807, 2.05) is 18.2 Å². The number of Topliss-reactive ketones (excluding diaryl/α,β-unsaturated/α-hetero) is 1. The van der Waals surface area contributed by atoms with Crippen molar-refractivity contribution in [2.75, 3.05) is 7.11 Å². The van der Waals surface area contributed by atoms with Gasteiger partial charge in [-0.15, -0.1) is 0 Å². The van der Waals surface area contributed by atoms with Crippen LogP contribution in [-0.4, -0.2) is 29.8 Å². The predicted molar refractivity (Wildman–Crippen MR) is 108 cm³/mol. The van der Waals surface area contributed by atoms with Crippen LogP contribution in [-0.2, 0) is 0 Å². The Kier molecular flexibility index (Phi) is 4.28. The van der Waals surface area contributed by atoms with Gasteiger partial charge >= 0.3 is 0 Å². The van der Waals surface area contributed by atoms with Crippen LogP contribution in [0.2, 0.25) is 5.02 Å². The molecule has 29 heavy (non-hydrogen) atoms. The van der Waals surface area contributed by atoms with Gasteiger partial charge in [0.1, 0.15) is 23.0 Å². The van der Waals surface area contributed by atoms with Crippen molar-refractivity contribution in [3.8, 4) is 11.5 Å². The lowest BCUT2D eigenvalue weighted by Crippen LogP contribution is -2.45. The highest BCUT2D eigenvalue weighted by Gasteiger charge is 2.44. The number of furan rings is 1. The Bertz CT molecular complexity index is 1090. The molecule has 0 N–H and O–H groups in total. The lowest BCUT2D eigenvalue weighted by atomic mass is 9.97. The molecule has 0 fully saturated rings. The first-order valence-corrected chi connectivity index (χ1v) is 9.56. The van der Waals surface area contributed by atoms with Gasteiger partial charge in [0.2, 0.25) is 5.78 Å². The van der Waals surface area contributed by atoms with E-state index < -0.39 is 6.23 Å². The SMILES string of the molecule is COc1ccc(C(=O)[C@H]2Oc3ccc(Cl)cc3[C@H]3CC(c4ccco4)=NN23)cc1. The van der Waals surface area contributed by atoms with Crippen molar-refractivity contribution in [3.05, 3.63) is 82.8 Å². The third-order valence-electron chi connectivity index (χ3n) is 5.16. The molecule has 0 bridgehead atoms. The third kappa shape index (κ3) is 3.06. The van der Waals surface area contributed by atoms with E-state index in [0.717, 1.165) is 11.3 Å². The van der Waals surface area contributed by atoms with Crippen LogP contribution in [0.5, 0.6) is 11.5 Å². The quantitative estimate of drug-likeness (QED) is 0.586. The lowest BCUT2D eigenvalue weighted by Gasteiger charge is -2.37. The van der Waals surface area contributed by atoms with Crippen LogP contribution in [0.15, 0.2) is 70.4 Å². The standard InChI is InChI=1S/C22H17ClN2O4/c1-27-15-7-4-13(5-8-15)21(26)22-25-18(12-17(24-25)20-3-2-10-28-20)16-11-14(23)6-9-19(16)29-22/h2-11,18,22H,12H2,1H3/t18-,22-/m1/s1. The highest BCUT2D eigenvalue weighted by atomic mass is 35.5. The van der Waals surface area contributed by atoms with Crippen molar-refractivity contribution in [3.63, 3.8) is 0 Å². The number of fused-ring (bicyclic) bond motifs is 3. The second-order valence-corrected chi connectivity index (χ2v) is 7.31. The Labute approximate surface area is 172 Å². The molecule has 2 atom stereocenters. The second-order valence-electron chi connectivity index (χ2n) is 6.87. The molecule has 2 aliphatic heterocycles. The number of hydrazone groups is 1. The fourth-order valence-corrected chi connectivity index (χ4v) is 3.90. The summed E-state index contributed by atoms with van der Waals surface area (Å²) in [4.78, 5) is 13.3. The molecule has 0 amide bonds. The maximum atomic E-state index is 13.3. The van der Waals surface area contributed by atoms with Gasteiger partial charge in [-0.05, 0) is 54.6 Å². The van der Waals surface area contributed by atoms with E-state index in [2.05, 4.69) is 5.10 Å². The Balaban J connectivity index is 1.55. The Morgan fingerprint density at radius 1 is 1.21 bits per heavy atom. The molecule has 146 valence electrons. The fourth-order valence-electron chi connectivity index (χ4n) is 3.72. The van der Waals surface area contributed by atoms with E-state index in [1.54, 1.807) is 54.8 Å². The van der Waals surface area contributed by atoms with Crippen molar-refractivity contribution in [2.45, 2.75) is 18.7 Å². The molecule has 6 nitrogen and oxygen atoms in total. The summed E-state index contributed by atoms with van der Waals surface area (Å²) in [6, 6.07) is 15.9. The summed E-state index contributed by atoms with van der Waals surface area (Å²) in [7, 11) is 1.59. The lowest BCUT2D eigenvalue weighted by molar-refractivity contribution is -0.00455. The number of hydrogen-bond donors (Lipinski definition) is 0. The maximum absolute atomic E-state index is 13.3. The van der Waals surface area contributed by atoms with Gasteiger partial charge in [0.15, 0.2) is 0 Å². The minimum Gasteiger partial charge on any atom is -0.497 e. The van der Waals surface area contributed by atoms with Gasteiger partial charge in [0.25, 0.3) is 6.23 Å². The topological polar surface area (TPSA) is 64.3 Å². The molecule has 3 aromatic rings. The summed E-state index contributed by atoms with van der Waals surface area (Å²) in [6.45, 7) is 0. The van der Waals surface area contributed by atoms with Gasteiger partial charge in [-0.2, -0.15) is 5.10 Å². The van der Waals surface area contributed by atoms with Crippen molar-refractivity contribution >= 4 is 23.1 Å². The van der Waals surface area contributed by atoms with Crippen LogP contribution < -0.4 is 9.47 Å². The molecule has 7 heteroatoms. The van der Waals surface area contributed by atoms with Gasteiger partial charge < -0.3 is 13.9 Å². The first-order valence-electron chi connectivity index (χ1n) is 9.18. The second kappa shape index (κ2) is 6.97. The number of carbonyl (C=O) groups is 1. The first-order chi connectivity index (χ1) is 14.1. The number of ketones is 1. The summed E-state index contributed by atoms with van der Waals surface area (Å²) in [5, 5.41) is 7.01. The fraction of sp³-hybridized carbons (Fsp3) is 0.182. The Morgan fingerprint density at radius 2 is 2.03 bits per heavy atom. The third-order valence-corrected chi connectivity index (χ3v) is 5.39. The van der Waals surface area contributed by atoms with Gasteiger partial charge in [-0.1, -0.05) is 11.6 Å². The molecule has 0 saturated carbocycles. The summed E-state index contributed by atoms with van der Waals surface area (Å²) >= 11 is 6.22. The number of methoxy groups -OCH3 is 1. The largest absolute Gasteiger partial charge is 0.497 e. The molecule has 5 rings (SSSR count). The van der Waals surface area contributed by atoms with Crippen molar-refractivity contribution in [1.82, 2.24) is 5.01 Å². The molecular formula is C22H17ClN2O4. The van der Waals surface area contributed by atoms with Gasteiger partial charge in [0, 0.05) is 22.6 Å². The molecule has 0 unspecified atom stereocenters. The zero-order valence-corrected chi connectivity index (χ0v) is 16.3. The van der Waals surface area contributed by atoms with E-state index in [-0.39, 0.29) is 11.8 Å². The molecule has 0 radical (unpaired) electrons. The molecule has 0 spiro atoms. The molecule has 2 aliphatic rings. The van der Waals surface area contributed by atoms with Crippen molar-refractivity contribution in [1.29, 1.82) is 0 Å². The minimum atomic E-state index is -0.880. The molecular weight excluding hydrogens is 392 g/mol. The van der Waals surface area contributed by atoms with Crippen LogP contribution in [0.1, 0.15) is 34.1 Å². The number of rotatable bonds is 4. The zero-order valence-electron chi connectivity index (χ0n) is 15.5. The van der Waals surface area contributed by atoms with E-state index in [1.165, 1.54) is 0 Å². The van der Waals surface area contributed by atoms with Crippen molar-refractivity contribution < 1.29 is 18.7 Å². The van der Waals surface area contributed by atoms with E-state index in [4.69, 9.17) is 25.5 Å². The zero-order chi connectivity index (χ0) is 20.0. The summed E-state index contributed by atoms with van der Waals surface area (Å²) in [5.41, 5.74) is 2.19. The van der Waals surface area contributed by atoms with Crippen molar-refractivity contribution in [2.24, 2.45) is 5.10 Å². The van der Waals surface area contributed by atoms with E-state index in [0.29, 0.717) is 34.3 Å². The maximum Gasteiger partial charge on any atom is 0.251 e. The summed E-state index contributed by atoms with van der Waals surface area (Å²) < 4.78 is 16.8. The summed E-state index contributed by atoms with van der Waals surface area (Å²) in [5.74, 6) is 1.82. The average Bonchev–Trinajstić information content (AvgIpc) is 3.43. The Hall–Kier alpha value is -3.25. The molecule has 2 aromatic carbocycles. The molecule has 3 heterocycles. The number of benzene rings is 2. The average molecular weight is 409 g/mol. The number of ether oxygens (including phenoxy) is 2. The molecule has 1 aromatic heterocycles. The van der Waals surface area contributed by atoms with Crippen LogP contribution in [0, 0.1) is 0 Å². The van der Waals surface area contributed by atoms with Gasteiger partial charge in [-0.3, -0.25) is 4.79 Å². The highest BCUT2D eigenvalue weighted by Crippen LogP contribution is 2.44. The molecule has 0 aliphatic carbocycles. The molecule has 0 saturated heterocycles. The van der Waals surface area contributed by atoms with Gasteiger partial charge in [0.05, 0.1) is 19.4 Å².